The molecular formula is C20H15F3N2O2S2. The summed E-state index contributed by atoms with van der Waals surface area (Å²) in [6.07, 6.45) is 0. The normalized spacial score (nSPS) is 10.8. The molecule has 2 N–H and O–H groups in total. The molecule has 0 aliphatic heterocycles. The third-order valence-corrected chi connectivity index (χ3v) is 5.59. The number of benzene rings is 2. The molecule has 0 fully saturated rings. The molecule has 2 aromatic carbocycles. The standard InChI is InChI=1S/C20H15F3N2O2S2/c21-14-5-2-4-13(10-14)18(26)25-15-6-1-3-12(9-15)11-24-19(27)17-16(7-8-28-17)29-20(22)23/h1-10,20H,11H2,(H,24,27)(H,25,26). The van der Waals surface area contributed by atoms with Gasteiger partial charge in [0.1, 0.15) is 10.7 Å². The Morgan fingerprint density at radius 2 is 1.83 bits per heavy atom. The van der Waals surface area contributed by atoms with E-state index in [-0.39, 0.29) is 21.9 Å². The molecule has 1 heterocycles. The summed E-state index contributed by atoms with van der Waals surface area (Å²) in [5, 5.41) is 6.94. The molecule has 0 bridgehead atoms. The van der Waals surface area contributed by atoms with Crippen LogP contribution in [0.4, 0.5) is 18.9 Å². The van der Waals surface area contributed by atoms with Crippen LogP contribution in [0.3, 0.4) is 0 Å². The SMILES string of the molecule is O=C(Nc1cccc(CNC(=O)c2sccc2SC(F)F)c1)c1cccc(F)c1. The molecule has 0 aliphatic rings. The Morgan fingerprint density at radius 3 is 2.59 bits per heavy atom. The summed E-state index contributed by atoms with van der Waals surface area (Å²) in [5.41, 5.74) is 1.37. The van der Waals surface area contributed by atoms with Gasteiger partial charge in [-0.2, -0.15) is 8.78 Å². The number of amides is 2. The lowest BCUT2D eigenvalue weighted by molar-refractivity contribution is 0.0951. The van der Waals surface area contributed by atoms with Gasteiger partial charge in [-0.3, -0.25) is 9.59 Å². The van der Waals surface area contributed by atoms with E-state index >= 15 is 0 Å². The van der Waals surface area contributed by atoms with E-state index in [1.54, 1.807) is 29.6 Å². The number of hydrogen-bond donors (Lipinski definition) is 2. The first-order chi connectivity index (χ1) is 13.9. The molecule has 4 nitrogen and oxygen atoms in total. The van der Waals surface area contributed by atoms with Gasteiger partial charge in [-0.05, 0) is 47.3 Å². The van der Waals surface area contributed by atoms with Crippen molar-refractivity contribution in [3.8, 4) is 0 Å². The summed E-state index contributed by atoms with van der Waals surface area (Å²) in [6.45, 7) is 0.152. The van der Waals surface area contributed by atoms with Crippen molar-refractivity contribution in [3.63, 3.8) is 0 Å². The number of alkyl halides is 2. The number of thioether (sulfide) groups is 1. The third kappa shape index (κ3) is 5.85. The maximum absolute atomic E-state index is 13.3. The van der Waals surface area contributed by atoms with Crippen LogP contribution in [0.25, 0.3) is 0 Å². The minimum Gasteiger partial charge on any atom is -0.347 e. The maximum Gasteiger partial charge on any atom is 0.288 e. The molecule has 0 saturated heterocycles. The van der Waals surface area contributed by atoms with Gasteiger partial charge in [0, 0.05) is 22.7 Å². The second-order valence-corrected chi connectivity index (χ2v) is 7.79. The molecule has 0 saturated carbocycles. The first-order valence-electron chi connectivity index (χ1n) is 8.39. The maximum atomic E-state index is 13.3. The molecule has 2 amide bonds. The minimum absolute atomic E-state index is 0.152. The van der Waals surface area contributed by atoms with Crippen LogP contribution in [0.1, 0.15) is 25.6 Å². The highest BCUT2D eigenvalue weighted by atomic mass is 32.2. The van der Waals surface area contributed by atoms with Crippen molar-refractivity contribution >= 4 is 40.6 Å². The fourth-order valence-corrected chi connectivity index (χ4v) is 4.12. The van der Waals surface area contributed by atoms with Gasteiger partial charge < -0.3 is 10.6 Å². The fourth-order valence-electron chi connectivity index (χ4n) is 2.51. The number of thiophene rings is 1. The molecule has 29 heavy (non-hydrogen) atoms. The summed E-state index contributed by atoms with van der Waals surface area (Å²) in [6, 6.07) is 13.6. The summed E-state index contributed by atoms with van der Waals surface area (Å²) in [5.74, 6) is -4.02. The van der Waals surface area contributed by atoms with Crippen molar-refractivity contribution in [2.45, 2.75) is 17.2 Å². The van der Waals surface area contributed by atoms with Crippen molar-refractivity contribution in [2.24, 2.45) is 0 Å². The van der Waals surface area contributed by atoms with Gasteiger partial charge in [-0.1, -0.05) is 30.0 Å². The number of anilines is 1. The van der Waals surface area contributed by atoms with Crippen LogP contribution in [0.15, 0.2) is 64.9 Å². The molecule has 150 valence electrons. The van der Waals surface area contributed by atoms with Crippen molar-refractivity contribution in [1.29, 1.82) is 0 Å². The van der Waals surface area contributed by atoms with Crippen molar-refractivity contribution in [3.05, 3.63) is 81.8 Å². The molecule has 0 aliphatic carbocycles. The van der Waals surface area contributed by atoms with Gasteiger partial charge in [-0.25, -0.2) is 4.39 Å². The molecule has 9 heteroatoms. The molecule has 0 unspecified atom stereocenters. The number of carbonyl (C=O) groups is 2. The largest absolute Gasteiger partial charge is 0.347 e. The average Bonchev–Trinajstić information content (AvgIpc) is 3.14. The molecule has 0 radical (unpaired) electrons. The Morgan fingerprint density at radius 1 is 1.03 bits per heavy atom. The molecule has 3 aromatic rings. The lowest BCUT2D eigenvalue weighted by Crippen LogP contribution is -2.22. The zero-order chi connectivity index (χ0) is 20.8. The molecule has 0 spiro atoms. The second-order valence-electron chi connectivity index (χ2n) is 5.84. The molecular weight excluding hydrogens is 421 g/mol. The van der Waals surface area contributed by atoms with Crippen molar-refractivity contribution < 1.29 is 22.8 Å². The van der Waals surface area contributed by atoms with Crippen LogP contribution in [-0.2, 0) is 6.54 Å². The van der Waals surface area contributed by atoms with Crippen molar-refractivity contribution in [1.82, 2.24) is 5.32 Å². The predicted molar refractivity (Wildman–Crippen MR) is 108 cm³/mol. The average molecular weight is 436 g/mol. The van der Waals surface area contributed by atoms with Crippen LogP contribution >= 0.6 is 23.1 Å². The van der Waals surface area contributed by atoms with E-state index in [2.05, 4.69) is 10.6 Å². The first kappa shape index (κ1) is 20.9. The van der Waals surface area contributed by atoms with E-state index in [4.69, 9.17) is 0 Å². The highest BCUT2D eigenvalue weighted by Gasteiger charge is 2.17. The molecule has 3 rings (SSSR count). The monoisotopic (exact) mass is 436 g/mol. The smallest absolute Gasteiger partial charge is 0.288 e. The molecule has 1 aromatic heterocycles. The van der Waals surface area contributed by atoms with Gasteiger partial charge in [-0.15, -0.1) is 11.3 Å². The quantitative estimate of drug-likeness (QED) is 0.489. The zero-order valence-electron chi connectivity index (χ0n) is 14.8. The van der Waals surface area contributed by atoms with Gasteiger partial charge in [0.25, 0.3) is 17.6 Å². The Balaban J connectivity index is 1.62. The number of rotatable bonds is 7. The summed E-state index contributed by atoms with van der Waals surface area (Å²) in [7, 11) is 0. The Kier molecular flexibility index (Phi) is 6.95. The van der Waals surface area contributed by atoms with Crippen LogP contribution in [0, 0.1) is 5.82 Å². The Labute approximate surface area is 173 Å². The van der Waals surface area contributed by atoms with Gasteiger partial charge >= 0.3 is 0 Å². The highest BCUT2D eigenvalue weighted by molar-refractivity contribution is 7.99. The predicted octanol–water partition coefficient (Wildman–Crippen LogP) is 5.38. The number of hydrogen-bond acceptors (Lipinski definition) is 4. The van der Waals surface area contributed by atoms with Crippen molar-refractivity contribution in [2.75, 3.05) is 5.32 Å². The van der Waals surface area contributed by atoms with E-state index < -0.39 is 23.4 Å². The van der Waals surface area contributed by atoms with Crippen LogP contribution < -0.4 is 10.6 Å². The lowest BCUT2D eigenvalue weighted by atomic mass is 10.1. The fraction of sp³-hybridized carbons (Fsp3) is 0.100. The van der Waals surface area contributed by atoms with E-state index in [9.17, 15) is 22.8 Å². The Bertz CT molecular complexity index is 1020. The Hall–Kier alpha value is -2.78. The third-order valence-electron chi connectivity index (χ3n) is 3.78. The number of nitrogens with one attached hydrogen (secondary N) is 2. The number of carbonyl (C=O) groups excluding carboxylic acids is 2. The first-order valence-corrected chi connectivity index (χ1v) is 10.1. The van der Waals surface area contributed by atoms with Crippen LogP contribution in [-0.4, -0.2) is 17.6 Å². The van der Waals surface area contributed by atoms with Crippen LogP contribution in [0.2, 0.25) is 0 Å². The van der Waals surface area contributed by atoms with Gasteiger partial charge in [0.2, 0.25) is 0 Å². The van der Waals surface area contributed by atoms with E-state index in [1.807, 2.05) is 0 Å². The van der Waals surface area contributed by atoms with E-state index in [1.165, 1.54) is 24.3 Å². The van der Waals surface area contributed by atoms with Gasteiger partial charge in [0.15, 0.2) is 0 Å². The molecule has 0 atom stereocenters. The summed E-state index contributed by atoms with van der Waals surface area (Å²) >= 11 is 1.42. The highest BCUT2D eigenvalue weighted by Crippen LogP contribution is 2.31. The van der Waals surface area contributed by atoms with E-state index in [0.29, 0.717) is 23.0 Å². The zero-order valence-corrected chi connectivity index (χ0v) is 16.5. The van der Waals surface area contributed by atoms with Gasteiger partial charge in [0.05, 0.1) is 0 Å². The summed E-state index contributed by atoms with van der Waals surface area (Å²) in [4.78, 5) is 25.0. The lowest BCUT2D eigenvalue weighted by Gasteiger charge is -2.09. The minimum atomic E-state index is -2.60. The summed E-state index contributed by atoms with van der Waals surface area (Å²) < 4.78 is 38.4. The topological polar surface area (TPSA) is 58.2 Å². The number of halogens is 3. The second kappa shape index (κ2) is 9.62. The van der Waals surface area contributed by atoms with Crippen LogP contribution in [0.5, 0.6) is 0 Å². The van der Waals surface area contributed by atoms with E-state index in [0.717, 1.165) is 17.4 Å².